The molecule has 3 atom stereocenters. The van der Waals surface area contributed by atoms with Crippen LogP contribution in [0.2, 0.25) is 0 Å². The van der Waals surface area contributed by atoms with Gasteiger partial charge in [0, 0.05) is 13.0 Å². The molecule has 3 unspecified atom stereocenters. The maximum absolute atomic E-state index is 12.7. The Morgan fingerprint density at radius 3 is 1.71 bits per heavy atom. The molecule has 0 aliphatic carbocycles. The Bertz CT molecular complexity index is 892. The van der Waals surface area contributed by atoms with E-state index in [-0.39, 0.29) is 25.7 Å². The Hall–Kier alpha value is -1.54. The highest BCUT2D eigenvalue weighted by molar-refractivity contribution is 7.47. The van der Waals surface area contributed by atoms with Crippen molar-refractivity contribution < 1.29 is 28.4 Å². The second-order valence-corrected chi connectivity index (χ2v) is 14.2. The Kier molecular flexibility index (Phi) is 34.2. The van der Waals surface area contributed by atoms with Gasteiger partial charge in [-0.1, -0.05) is 146 Å². The largest absolute Gasteiger partial charge is 0.472 e. The molecular weight excluding hydrogens is 623 g/mol. The predicted octanol–water partition coefficient (Wildman–Crippen LogP) is 10.2. The van der Waals surface area contributed by atoms with Gasteiger partial charge in [-0.2, -0.15) is 0 Å². The van der Waals surface area contributed by atoms with Crippen LogP contribution in [0.15, 0.2) is 48.6 Å². The van der Waals surface area contributed by atoms with E-state index in [2.05, 4.69) is 55.6 Å². The highest BCUT2D eigenvalue weighted by Crippen LogP contribution is 2.43. The summed E-state index contributed by atoms with van der Waals surface area (Å²) in [4.78, 5) is 22.6. The number of phosphoric acid groups is 1. The Balaban J connectivity index is 4.27. The van der Waals surface area contributed by atoms with Gasteiger partial charge >= 0.3 is 7.82 Å². The summed E-state index contributed by atoms with van der Waals surface area (Å²) in [6.45, 7) is 4.05. The number of hydrogen-bond donors (Lipinski definition) is 4. The van der Waals surface area contributed by atoms with Gasteiger partial charge in [-0.05, 0) is 57.8 Å². The molecule has 0 spiro atoms. The quantitative estimate of drug-likeness (QED) is 0.0295. The Morgan fingerprint density at radius 1 is 0.688 bits per heavy atom. The third-order valence-corrected chi connectivity index (χ3v) is 9.13. The van der Waals surface area contributed by atoms with Crippen LogP contribution in [-0.2, 0) is 18.4 Å². The molecule has 5 N–H and O–H groups in total. The lowest BCUT2D eigenvalue weighted by Gasteiger charge is -2.23. The summed E-state index contributed by atoms with van der Waals surface area (Å²) in [6.07, 6.45) is 41.5. The molecule has 0 radical (unpaired) electrons. The first-order valence-electron chi connectivity index (χ1n) is 19.3. The molecule has 8 nitrogen and oxygen atoms in total. The molecule has 0 fully saturated rings. The van der Waals surface area contributed by atoms with E-state index in [4.69, 9.17) is 14.8 Å². The zero-order valence-electron chi connectivity index (χ0n) is 30.7. The normalized spacial score (nSPS) is 14.9. The molecule has 1 amide bonds. The average Bonchev–Trinajstić information content (AvgIpc) is 3.07. The first-order chi connectivity index (χ1) is 23.4. The zero-order valence-corrected chi connectivity index (χ0v) is 31.6. The fraction of sp³-hybridized carbons (Fsp3) is 0.769. The van der Waals surface area contributed by atoms with Crippen molar-refractivity contribution in [3.8, 4) is 0 Å². The van der Waals surface area contributed by atoms with Gasteiger partial charge in [-0.3, -0.25) is 13.8 Å². The fourth-order valence-electron chi connectivity index (χ4n) is 5.20. The number of hydrogen-bond acceptors (Lipinski definition) is 6. The molecule has 0 aromatic carbocycles. The number of nitrogens with one attached hydrogen (secondary N) is 1. The van der Waals surface area contributed by atoms with E-state index in [0.717, 1.165) is 64.2 Å². The smallest absolute Gasteiger partial charge is 0.387 e. The molecule has 0 aromatic rings. The van der Waals surface area contributed by atoms with Crippen molar-refractivity contribution in [2.45, 2.75) is 174 Å². The number of amides is 1. The van der Waals surface area contributed by atoms with E-state index in [1.54, 1.807) is 6.08 Å². The lowest BCUT2D eigenvalue weighted by molar-refractivity contribution is -0.123. The Morgan fingerprint density at radius 2 is 1.15 bits per heavy atom. The van der Waals surface area contributed by atoms with Crippen LogP contribution in [-0.4, -0.2) is 47.8 Å². The van der Waals surface area contributed by atoms with E-state index in [1.807, 2.05) is 6.08 Å². The van der Waals surface area contributed by atoms with Gasteiger partial charge in [0.15, 0.2) is 0 Å². The molecule has 9 heteroatoms. The van der Waals surface area contributed by atoms with Crippen molar-refractivity contribution in [3.63, 3.8) is 0 Å². The summed E-state index contributed by atoms with van der Waals surface area (Å²) >= 11 is 0. The van der Waals surface area contributed by atoms with Crippen molar-refractivity contribution in [1.29, 1.82) is 0 Å². The van der Waals surface area contributed by atoms with E-state index in [0.29, 0.717) is 6.42 Å². The topological polar surface area (TPSA) is 131 Å². The summed E-state index contributed by atoms with van der Waals surface area (Å²) in [7, 11) is -4.33. The molecule has 0 saturated heterocycles. The molecule has 48 heavy (non-hydrogen) atoms. The van der Waals surface area contributed by atoms with Crippen molar-refractivity contribution in [2.75, 3.05) is 19.8 Å². The minimum absolute atomic E-state index is 0.0742. The minimum atomic E-state index is -4.33. The van der Waals surface area contributed by atoms with Gasteiger partial charge in [0.25, 0.3) is 0 Å². The first-order valence-corrected chi connectivity index (χ1v) is 20.8. The standard InChI is InChI=1S/C39H73N2O6P/c1-3-5-7-9-11-13-15-16-17-18-19-20-21-22-23-25-27-29-31-33-39(43)41-37(36-47-48(44,45)46-35-34-40)38(42)32-30-28-26-24-14-12-10-8-6-4-2/h11,13,16-17,19-20,30,32,37-38,42H,3-10,12,14-15,18,21-29,31,33-36,40H2,1-2H3,(H,41,43)(H,44,45)/b13-11-,17-16-,20-19-,32-30+. The van der Waals surface area contributed by atoms with Crippen LogP contribution in [0.4, 0.5) is 0 Å². The second kappa shape index (κ2) is 35.3. The van der Waals surface area contributed by atoms with Crippen molar-refractivity contribution in [1.82, 2.24) is 5.32 Å². The van der Waals surface area contributed by atoms with Crippen LogP contribution in [0.3, 0.4) is 0 Å². The molecular formula is C39H73N2O6P. The summed E-state index contributed by atoms with van der Waals surface area (Å²) in [5.41, 5.74) is 5.35. The summed E-state index contributed by atoms with van der Waals surface area (Å²) in [6, 6.07) is -0.866. The monoisotopic (exact) mass is 697 g/mol. The number of rotatable bonds is 35. The summed E-state index contributed by atoms with van der Waals surface area (Å²) in [5.74, 6) is -0.211. The van der Waals surface area contributed by atoms with Crippen LogP contribution < -0.4 is 11.1 Å². The highest BCUT2D eigenvalue weighted by atomic mass is 31.2. The number of aliphatic hydroxyl groups excluding tert-OH is 1. The molecule has 0 aliphatic heterocycles. The van der Waals surface area contributed by atoms with E-state index in [1.165, 1.54) is 77.0 Å². The summed E-state index contributed by atoms with van der Waals surface area (Å²) in [5, 5.41) is 13.6. The number of unbranched alkanes of at least 4 members (excludes halogenated alkanes) is 17. The van der Waals surface area contributed by atoms with Crippen LogP contribution in [0.1, 0.15) is 162 Å². The molecule has 280 valence electrons. The highest BCUT2D eigenvalue weighted by Gasteiger charge is 2.26. The first kappa shape index (κ1) is 46.5. The minimum Gasteiger partial charge on any atom is -0.387 e. The maximum Gasteiger partial charge on any atom is 0.472 e. The lowest BCUT2D eigenvalue weighted by Crippen LogP contribution is -2.45. The number of aliphatic hydroxyl groups is 1. The number of allylic oxidation sites excluding steroid dienone is 7. The second-order valence-electron chi connectivity index (χ2n) is 12.8. The summed E-state index contributed by atoms with van der Waals surface area (Å²) < 4.78 is 22.0. The fourth-order valence-corrected chi connectivity index (χ4v) is 5.95. The lowest BCUT2D eigenvalue weighted by atomic mass is 10.1. The zero-order chi connectivity index (χ0) is 35.4. The number of carbonyl (C=O) groups excluding carboxylic acids is 1. The van der Waals surface area contributed by atoms with Gasteiger partial charge in [0.05, 0.1) is 25.4 Å². The molecule has 0 saturated carbocycles. The van der Waals surface area contributed by atoms with E-state index >= 15 is 0 Å². The number of phosphoric ester groups is 1. The molecule has 0 bridgehead atoms. The van der Waals surface area contributed by atoms with Gasteiger partial charge in [0.1, 0.15) is 0 Å². The number of nitrogens with two attached hydrogens (primary N) is 1. The predicted molar refractivity (Wildman–Crippen MR) is 203 cm³/mol. The third kappa shape index (κ3) is 33.0. The Labute approximate surface area is 294 Å². The van der Waals surface area contributed by atoms with Crippen LogP contribution >= 0.6 is 7.82 Å². The molecule has 0 rings (SSSR count). The van der Waals surface area contributed by atoms with Crippen molar-refractivity contribution in [3.05, 3.63) is 48.6 Å². The third-order valence-electron chi connectivity index (χ3n) is 8.15. The maximum atomic E-state index is 12.7. The van der Waals surface area contributed by atoms with Gasteiger partial charge < -0.3 is 21.1 Å². The van der Waals surface area contributed by atoms with Crippen LogP contribution in [0.25, 0.3) is 0 Å². The van der Waals surface area contributed by atoms with Crippen LogP contribution in [0.5, 0.6) is 0 Å². The molecule has 0 aliphatic rings. The van der Waals surface area contributed by atoms with Crippen LogP contribution in [0, 0.1) is 0 Å². The van der Waals surface area contributed by atoms with Gasteiger partial charge in [-0.25, -0.2) is 4.57 Å². The molecule has 0 heterocycles. The van der Waals surface area contributed by atoms with Gasteiger partial charge in [-0.15, -0.1) is 0 Å². The SMILES string of the molecule is CCCCC/C=C\C/C=C\C/C=C\CCCCCCCCC(=O)NC(COP(=O)(O)OCCN)C(O)/C=C/CCCCCCCCCC. The van der Waals surface area contributed by atoms with Crippen molar-refractivity contribution in [2.24, 2.45) is 5.73 Å². The molecule has 0 aromatic heterocycles. The van der Waals surface area contributed by atoms with E-state index in [9.17, 15) is 19.4 Å². The van der Waals surface area contributed by atoms with Gasteiger partial charge in [0.2, 0.25) is 5.91 Å². The van der Waals surface area contributed by atoms with E-state index < -0.39 is 20.0 Å². The number of carbonyl (C=O) groups is 1. The van der Waals surface area contributed by atoms with Crippen molar-refractivity contribution >= 4 is 13.7 Å². The average molecular weight is 697 g/mol.